The number of carbonyl (C=O) groups excluding carboxylic acids is 2. The molecule has 0 radical (unpaired) electrons. The van der Waals surface area contributed by atoms with E-state index < -0.39 is 0 Å². The molecular weight excluding hydrogens is 324 g/mol. The van der Waals surface area contributed by atoms with Crippen LogP contribution >= 0.6 is 0 Å². The van der Waals surface area contributed by atoms with Gasteiger partial charge in [0.25, 0.3) is 0 Å². The van der Waals surface area contributed by atoms with E-state index in [0.717, 1.165) is 19.4 Å². The van der Waals surface area contributed by atoms with E-state index in [1.165, 1.54) is 4.80 Å². The first-order valence-electron chi connectivity index (χ1n) is 8.76. The maximum atomic E-state index is 12.6. The fourth-order valence-corrected chi connectivity index (χ4v) is 3.81. The Hall–Kier alpha value is -2.00. The van der Waals surface area contributed by atoms with Crippen LogP contribution in [0.1, 0.15) is 19.3 Å². The van der Waals surface area contributed by atoms with Crippen LogP contribution in [0.4, 0.5) is 0 Å². The van der Waals surface area contributed by atoms with Gasteiger partial charge in [0.15, 0.2) is 0 Å². The lowest BCUT2D eigenvalue weighted by Crippen LogP contribution is -2.62. The number of hydrogen-bond donors (Lipinski definition) is 1. The Balaban J connectivity index is 1.69. The van der Waals surface area contributed by atoms with Gasteiger partial charge in [-0.2, -0.15) is 15.0 Å². The molecule has 1 atom stereocenters. The summed E-state index contributed by atoms with van der Waals surface area (Å²) in [7, 11) is 2.07. The van der Waals surface area contributed by atoms with Crippen LogP contribution in [-0.2, 0) is 16.1 Å². The summed E-state index contributed by atoms with van der Waals surface area (Å²) in [6, 6.07) is 0. The molecule has 2 aliphatic heterocycles. The molecule has 2 aliphatic rings. The van der Waals surface area contributed by atoms with Crippen molar-refractivity contribution >= 4 is 11.8 Å². The molecule has 1 N–H and O–H groups in total. The van der Waals surface area contributed by atoms with Crippen molar-refractivity contribution in [2.24, 2.45) is 0 Å². The van der Waals surface area contributed by atoms with Crippen LogP contribution in [0.2, 0.25) is 0 Å². The molecule has 2 saturated heterocycles. The third-order valence-corrected chi connectivity index (χ3v) is 5.47. The summed E-state index contributed by atoms with van der Waals surface area (Å²) in [6.07, 6.45) is 5.11. The number of nitrogens with zero attached hydrogens (tertiary/aromatic N) is 6. The summed E-state index contributed by atoms with van der Waals surface area (Å²) in [6.45, 7) is 3.19. The van der Waals surface area contributed by atoms with Crippen LogP contribution in [0, 0.1) is 0 Å². The van der Waals surface area contributed by atoms with Gasteiger partial charge in [0, 0.05) is 44.7 Å². The van der Waals surface area contributed by atoms with Crippen LogP contribution in [0.25, 0.3) is 0 Å². The van der Waals surface area contributed by atoms with E-state index in [9.17, 15) is 9.59 Å². The van der Waals surface area contributed by atoms with Crippen LogP contribution in [0.3, 0.4) is 0 Å². The summed E-state index contributed by atoms with van der Waals surface area (Å²) < 4.78 is 0. The molecule has 0 bridgehead atoms. The van der Waals surface area contributed by atoms with E-state index in [4.69, 9.17) is 5.11 Å². The largest absolute Gasteiger partial charge is 0.395 e. The summed E-state index contributed by atoms with van der Waals surface area (Å²) >= 11 is 0. The number of likely N-dealkylation sites (N-methyl/N-ethyl adjacent to an activating group) is 1. The number of likely N-dealkylation sites (tertiary alicyclic amines) is 1. The third kappa shape index (κ3) is 3.82. The first-order chi connectivity index (χ1) is 12.0. The van der Waals surface area contributed by atoms with E-state index >= 15 is 0 Å². The summed E-state index contributed by atoms with van der Waals surface area (Å²) in [5, 5.41) is 17.1. The van der Waals surface area contributed by atoms with Gasteiger partial charge in [-0.25, -0.2) is 0 Å². The topological polar surface area (TPSA) is 94.8 Å². The molecular formula is C16H26N6O3. The number of rotatable bonds is 4. The average molecular weight is 350 g/mol. The highest BCUT2D eigenvalue weighted by Crippen LogP contribution is 2.32. The summed E-state index contributed by atoms with van der Waals surface area (Å²) in [5.41, 5.74) is -0.189. The van der Waals surface area contributed by atoms with Crippen LogP contribution < -0.4 is 0 Å². The van der Waals surface area contributed by atoms with Crippen molar-refractivity contribution in [1.29, 1.82) is 0 Å². The quantitative estimate of drug-likeness (QED) is 0.733. The predicted octanol–water partition coefficient (Wildman–Crippen LogP) is -1.20. The number of carbonyl (C=O) groups is 2. The molecule has 2 amide bonds. The monoisotopic (exact) mass is 350 g/mol. The standard InChI is InChI=1S/C16H26N6O3/c1-19-8-9-21(15(25)12-22-17-5-6-18-22)13-16(19)3-2-14(24)20(7-4-16)10-11-23/h5-6,23H,2-4,7-13H2,1H3/t16-/m0/s1. The second-order valence-corrected chi connectivity index (χ2v) is 6.88. The van der Waals surface area contributed by atoms with E-state index in [1.54, 1.807) is 17.3 Å². The lowest BCUT2D eigenvalue weighted by Gasteiger charge is -2.49. The molecule has 2 fully saturated rings. The molecule has 0 saturated carbocycles. The van der Waals surface area contributed by atoms with Crippen molar-refractivity contribution in [3.05, 3.63) is 12.4 Å². The van der Waals surface area contributed by atoms with Crippen molar-refractivity contribution in [1.82, 2.24) is 29.7 Å². The summed E-state index contributed by atoms with van der Waals surface area (Å²) in [4.78, 5) is 32.2. The van der Waals surface area contributed by atoms with E-state index in [2.05, 4.69) is 22.1 Å². The second kappa shape index (κ2) is 7.49. The third-order valence-electron chi connectivity index (χ3n) is 5.47. The first-order valence-corrected chi connectivity index (χ1v) is 8.76. The minimum absolute atomic E-state index is 0.00598. The number of β-amino-alcohol motifs (C(OH)–C–C–N with tert-alkyl or cyclic N) is 1. The van der Waals surface area contributed by atoms with E-state index in [0.29, 0.717) is 32.6 Å². The first kappa shape index (κ1) is 17.8. The highest BCUT2D eigenvalue weighted by molar-refractivity contribution is 5.77. The molecule has 9 nitrogen and oxygen atoms in total. The maximum Gasteiger partial charge on any atom is 0.246 e. The SMILES string of the molecule is CN1CCN(C(=O)Cn2nccn2)C[C@@]12CCC(=O)N(CCO)CC2. The number of aliphatic hydroxyl groups excluding tert-OH is 1. The van der Waals surface area contributed by atoms with Gasteiger partial charge in [0.2, 0.25) is 11.8 Å². The zero-order valence-corrected chi connectivity index (χ0v) is 14.7. The van der Waals surface area contributed by atoms with Crippen molar-refractivity contribution in [2.45, 2.75) is 31.3 Å². The zero-order chi connectivity index (χ0) is 17.9. The Labute approximate surface area is 147 Å². The molecule has 1 spiro atoms. The number of amides is 2. The number of hydrogen-bond acceptors (Lipinski definition) is 6. The summed E-state index contributed by atoms with van der Waals surface area (Å²) in [5.74, 6) is 0.0926. The number of aliphatic hydroxyl groups is 1. The molecule has 3 rings (SSSR count). The van der Waals surface area contributed by atoms with Crippen LogP contribution in [-0.4, -0.2) is 98.5 Å². The molecule has 138 valence electrons. The lowest BCUT2D eigenvalue weighted by atomic mass is 9.86. The van der Waals surface area contributed by atoms with Gasteiger partial charge >= 0.3 is 0 Å². The Bertz CT molecular complexity index is 607. The van der Waals surface area contributed by atoms with Crippen molar-refractivity contribution in [2.75, 3.05) is 46.4 Å². The fraction of sp³-hybridized carbons (Fsp3) is 0.750. The van der Waals surface area contributed by atoms with Gasteiger partial charge < -0.3 is 14.9 Å². The second-order valence-electron chi connectivity index (χ2n) is 6.88. The van der Waals surface area contributed by atoms with Gasteiger partial charge in [-0.1, -0.05) is 0 Å². The maximum absolute atomic E-state index is 12.6. The van der Waals surface area contributed by atoms with Gasteiger partial charge in [-0.3, -0.25) is 14.5 Å². The molecule has 0 unspecified atom stereocenters. The van der Waals surface area contributed by atoms with Gasteiger partial charge in [0.1, 0.15) is 6.54 Å². The molecule has 3 heterocycles. The van der Waals surface area contributed by atoms with Gasteiger partial charge in [0.05, 0.1) is 19.0 Å². The Morgan fingerprint density at radius 1 is 1.24 bits per heavy atom. The Kier molecular flexibility index (Phi) is 5.33. The molecule has 9 heteroatoms. The Morgan fingerprint density at radius 3 is 2.72 bits per heavy atom. The van der Waals surface area contributed by atoms with E-state index in [1.807, 2.05) is 4.90 Å². The van der Waals surface area contributed by atoms with E-state index in [-0.39, 0.29) is 30.5 Å². The number of aromatic nitrogens is 3. The molecule has 1 aromatic rings. The van der Waals surface area contributed by atoms with Gasteiger partial charge in [-0.15, -0.1) is 0 Å². The van der Waals surface area contributed by atoms with Gasteiger partial charge in [-0.05, 0) is 19.9 Å². The minimum atomic E-state index is -0.189. The highest BCUT2D eigenvalue weighted by Gasteiger charge is 2.43. The molecule has 0 aromatic carbocycles. The minimum Gasteiger partial charge on any atom is -0.395 e. The molecule has 25 heavy (non-hydrogen) atoms. The highest BCUT2D eigenvalue weighted by atomic mass is 16.3. The predicted molar refractivity (Wildman–Crippen MR) is 89.5 cm³/mol. The van der Waals surface area contributed by atoms with Crippen molar-refractivity contribution < 1.29 is 14.7 Å². The zero-order valence-electron chi connectivity index (χ0n) is 14.7. The van der Waals surface area contributed by atoms with Crippen molar-refractivity contribution in [3.8, 4) is 0 Å². The van der Waals surface area contributed by atoms with Crippen LogP contribution in [0.15, 0.2) is 12.4 Å². The fourth-order valence-electron chi connectivity index (χ4n) is 3.81. The lowest BCUT2D eigenvalue weighted by molar-refractivity contribution is -0.138. The smallest absolute Gasteiger partial charge is 0.246 e. The molecule has 1 aromatic heterocycles. The molecule has 0 aliphatic carbocycles. The Morgan fingerprint density at radius 2 is 2.00 bits per heavy atom. The van der Waals surface area contributed by atoms with Crippen LogP contribution in [0.5, 0.6) is 0 Å². The van der Waals surface area contributed by atoms with Crippen molar-refractivity contribution in [3.63, 3.8) is 0 Å². The average Bonchev–Trinajstić information content (AvgIpc) is 3.06. The number of piperazine rings is 1. The normalized spacial score (nSPS) is 25.4.